The summed E-state index contributed by atoms with van der Waals surface area (Å²) in [4.78, 5) is 3.98. The van der Waals surface area contributed by atoms with Gasteiger partial charge >= 0.3 is 0 Å². The third-order valence-electron chi connectivity index (χ3n) is 2.19. The van der Waals surface area contributed by atoms with Gasteiger partial charge in [0.05, 0.1) is 5.56 Å². The third kappa shape index (κ3) is 2.82. The summed E-state index contributed by atoms with van der Waals surface area (Å²) in [6, 6.07) is 3.88. The first-order valence-corrected chi connectivity index (χ1v) is 4.88. The second kappa shape index (κ2) is 5.36. The summed E-state index contributed by atoms with van der Waals surface area (Å²) in [7, 11) is 0. The molecule has 0 aliphatic heterocycles. The van der Waals surface area contributed by atoms with E-state index >= 15 is 0 Å². The molecule has 1 rings (SSSR count). The number of nitrogens with two attached hydrogens (primary N) is 1. The van der Waals surface area contributed by atoms with E-state index in [1.54, 1.807) is 12.4 Å². The van der Waals surface area contributed by atoms with Crippen LogP contribution in [0.5, 0.6) is 0 Å². The van der Waals surface area contributed by atoms with Crippen LogP contribution in [0.15, 0.2) is 18.5 Å². The molecule has 1 aromatic heterocycles. The summed E-state index contributed by atoms with van der Waals surface area (Å²) in [6.07, 6.45) is 6.49. The maximum Gasteiger partial charge on any atom is 0.101 e. The zero-order valence-electron chi connectivity index (χ0n) is 8.40. The van der Waals surface area contributed by atoms with Crippen LogP contribution in [0.2, 0.25) is 0 Å². The van der Waals surface area contributed by atoms with Crippen molar-refractivity contribution in [1.29, 1.82) is 5.26 Å². The lowest BCUT2D eigenvalue weighted by atomic mass is 10.0. The van der Waals surface area contributed by atoms with Crippen LogP contribution >= 0.6 is 0 Å². The van der Waals surface area contributed by atoms with Crippen LogP contribution in [0.1, 0.15) is 43.4 Å². The Bertz CT molecular complexity index is 328. The van der Waals surface area contributed by atoms with E-state index in [1.165, 1.54) is 0 Å². The summed E-state index contributed by atoms with van der Waals surface area (Å²) in [5, 5.41) is 8.69. The first-order chi connectivity index (χ1) is 6.77. The van der Waals surface area contributed by atoms with Gasteiger partial charge in [-0.3, -0.25) is 4.98 Å². The highest BCUT2D eigenvalue weighted by molar-refractivity contribution is 5.30. The molecule has 0 spiro atoms. The van der Waals surface area contributed by atoms with Crippen molar-refractivity contribution >= 4 is 0 Å². The Balaban J connectivity index is 2.70. The van der Waals surface area contributed by atoms with Crippen molar-refractivity contribution in [2.75, 3.05) is 0 Å². The molecule has 74 valence electrons. The lowest BCUT2D eigenvalue weighted by molar-refractivity contribution is 0.601. The van der Waals surface area contributed by atoms with Crippen molar-refractivity contribution in [2.24, 2.45) is 5.73 Å². The zero-order valence-corrected chi connectivity index (χ0v) is 8.40. The van der Waals surface area contributed by atoms with Crippen molar-refractivity contribution in [3.63, 3.8) is 0 Å². The third-order valence-corrected chi connectivity index (χ3v) is 2.19. The minimum Gasteiger partial charge on any atom is -0.324 e. The van der Waals surface area contributed by atoms with Gasteiger partial charge in [-0.15, -0.1) is 0 Å². The van der Waals surface area contributed by atoms with Gasteiger partial charge in [-0.05, 0) is 18.1 Å². The molecule has 0 bridgehead atoms. The van der Waals surface area contributed by atoms with Gasteiger partial charge in [0.2, 0.25) is 0 Å². The number of nitrogens with zero attached hydrogens (tertiary/aromatic N) is 2. The van der Waals surface area contributed by atoms with Gasteiger partial charge in [0.25, 0.3) is 0 Å². The van der Waals surface area contributed by atoms with Crippen molar-refractivity contribution < 1.29 is 0 Å². The molecule has 0 fully saturated rings. The van der Waals surface area contributed by atoms with Crippen molar-refractivity contribution in [3.8, 4) is 6.07 Å². The van der Waals surface area contributed by atoms with E-state index in [2.05, 4.69) is 18.0 Å². The molecule has 0 aliphatic rings. The molecule has 0 aromatic carbocycles. The number of rotatable bonds is 4. The van der Waals surface area contributed by atoms with Gasteiger partial charge in [-0.1, -0.05) is 19.8 Å². The standard InChI is InChI=1S/C11H15N3/c1-2-3-4-11(13)10-5-9(6-12)7-14-8-10/h5,7-8,11H,2-4,13H2,1H3/t11-/m1/s1. The maximum atomic E-state index is 8.69. The molecule has 1 aromatic rings. The minimum atomic E-state index is 0.00995. The number of pyridine rings is 1. The molecule has 0 unspecified atom stereocenters. The second-order valence-electron chi connectivity index (χ2n) is 3.37. The molecule has 0 saturated heterocycles. The molecule has 1 atom stereocenters. The fourth-order valence-corrected chi connectivity index (χ4v) is 1.31. The highest BCUT2D eigenvalue weighted by atomic mass is 14.7. The summed E-state index contributed by atoms with van der Waals surface area (Å²) in [6.45, 7) is 2.14. The Hall–Kier alpha value is -1.40. The van der Waals surface area contributed by atoms with E-state index < -0.39 is 0 Å². The highest BCUT2D eigenvalue weighted by Gasteiger charge is 2.06. The molecule has 2 N–H and O–H groups in total. The average molecular weight is 189 g/mol. The Labute approximate surface area is 84.6 Å². The first kappa shape index (κ1) is 10.7. The van der Waals surface area contributed by atoms with E-state index in [4.69, 9.17) is 11.0 Å². The predicted octanol–water partition coefficient (Wildman–Crippen LogP) is 2.14. The first-order valence-electron chi connectivity index (χ1n) is 4.88. The smallest absolute Gasteiger partial charge is 0.101 e. The fraction of sp³-hybridized carbons (Fsp3) is 0.455. The molecule has 1 heterocycles. The van der Waals surface area contributed by atoms with Gasteiger partial charge in [0.1, 0.15) is 6.07 Å². The predicted molar refractivity (Wildman–Crippen MR) is 55.4 cm³/mol. The summed E-state index contributed by atoms with van der Waals surface area (Å²) >= 11 is 0. The Morgan fingerprint density at radius 3 is 3.00 bits per heavy atom. The number of nitriles is 1. The van der Waals surface area contributed by atoms with Gasteiger partial charge in [0.15, 0.2) is 0 Å². The van der Waals surface area contributed by atoms with E-state index in [9.17, 15) is 0 Å². The van der Waals surface area contributed by atoms with Crippen LogP contribution in [0, 0.1) is 11.3 Å². The fourth-order valence-electron chi connectivity index (χ4n) is 1.31. The number of hydrogen-bond donors (Lipinski definition) is 1. The van der Waals surface area contributed by atoms with Crippen LogP contribution in [0.3, 0.4) is 0 Å². The van der Waals surface area contributed by atoms with Gasteiger partial charge in [-0.2, -0.15) is 5.26 Å². The van der Waals surface area contributed by atoms with Crippen LogP contribution in [0.4, 0.5) is 0 Å². The highest BCUT2D eigenvalue weighted by Crippen LogP contribution is 2.16. The Morgan fingerprint density at radius 1 is 1.57 bits per heavy atom. The largest absolute Gasteiger partial charge is 0.324 e. The lowest BCUT2D eigenvalue weighted by Gasteiger charge is -2.10. The number of unbranched alkanes of at least 4 members (excludes halogenated alkanes) is 1. The van der Waals surface area contributed by atoms with E-state index in [0.717, 1.165) is 24.8 Å². The lowest BCUT2D eigenvalue weighted by Crippen LogP contribution is -2.10. The quantitative estimate of drug-likeness (QED) is 0.789. The molecule has 0 radical (unpaired) electrons. The molecule has 0 saturated carbocycles. The molecule has 14 heavy (non-hydrogen) atoms. The van der Waals surface area contributed by atoms with Crippen molar-refractivity contribution in [2.45, 2.75) is 32.2 Å². The van der Waals surface area contributed by atoms with Gasteiger partial charge in [0, 0.05) is 18.4 Å². The van der Waals surface area contributed by atoms with E-state index in [1.807, 2.05) is 6.07 Å². The minimum absolute atomic E-state index is 0.00995. The van der Waals surface area contributed by atoms with Crippen LogP contribution < -0.4 is 5.73 Å². The van der Waals surface area contributed by atoms with E-state index in [0.29, 0.717) is 5.56 Å². The van der Waals surface area contributed by atoms with Crippen LogP contribution in [-0.2, 0) is 0 Å². The molecule has 0 aliphatic carbocycles. The summed E-state index contributed by atoms with van der Waals surface area (Å²) < 4.78 is 0. The second-order valence-corrected chi connectivity index (χ2v) is 3.37. The Morgan fingerprint density at radius 2 is 2.36 bits per heavy atom. The normalized spacial score (nSPS) is 12.1. The van der Waals surface area contributed by atoms with Crippen molar-refractivity contribution in [3.05, 3.63) is 29.6 Å². The average Bonchev–Trinajstić information content (AvgIpc) is 2.26. The monoisotopic (exact) mass is 189 g/mol. The van der Waals surface area contributed by atoms with Gasteiger partial charge < -0.3 is 5.73 Å². The van der Waals surface area contributed by atoms with Crippen LogP contribution in [0.25, 0.3) is 0 Å². The van der Waals surface area contributed by atoms with Crippen LogP contribution in [-0.4, -0.2) is 4.98 Å². The molecule has 3 heteroatoms. The maximum absolute atomic E-state index is 8.69. The number of aromatic nitrogens is 1. The summed E-state index contributed by atoms with van der Waals surface area (Å²) in [5.74, 6) is 0. The van der Waals surface area contributed by atoms with Gasteiger partial charge in [-0.25, -0.2) is 0 Å². The topological polar surface area (TPSA) is 62.7 Å². The Kier molecular flexibility index (Phi) is 4.09. The number of hydrogen-bond acceptors (Lipinski definition) is 3. The zero-order chi connectivity index (χ0) is 10.4. The summed E-state index contributed by atoms with van der Waals surface area (Å²) in [5.41, 5.74) is 7.49. The van der Waals surface area contributed by atoms with E-state index in [-0.39, 0.29) is 6.04 Å². The van der Waals surface area contributed by atoms with Crippen molar-refractivity contribution in [1.82, 2.24) is 4.98 Å². The molecular formula is C11H15N3. The molecule has 0 amide bonds. The SMILES string of the molecule is CCCC[C@@H](N)c1cncc(C#N)c1. The molecule has 3 nitrogen and oxygen atoms in total. The molecular weight excluding hydrogens is 174 g/mol.